The fourth-order valence-corrected chi connectivity index (χ4v) is 3.40. The van der Waals surface area contributed by atoms with Crippen LogP contribution in [0.15, 0.2) is 24.3 Å². The van der Waals surface area contributed by atoms with E-state index in [1.165, 1.54) is 29.0 Å². The molecule has 0 spiro atoms. The Morgan fingerprint density at radius 1 is 1.35 bits per heavy atom. The van der Waals surface area contributed by atoms with Crippen LogP contribution in [0.5, 0.6) is 5.75 Å². The van der Waals surface area contributed by atoms with Gasteiger partial charge in [-0.25, -0.2) is 4.98 Å². The van der Waals surface area contributed by atoms with E-state index in [1.54, 1.807) is 18.4 Å². The van der Waals surface area contributed by atoms with Gasteiger partial charge in [-0.05, 0) is 30.5 Å². The van der Waals surface area contributed by atoms with Crippen molar-refractivity contribution in [3.63, 3.8) is 0 Å². The van der Waals surface area contributed by atoms with E-state index in [-0.39, 0.29) is 0 Å². The summed E-state index contributed by atoms with van der Waals surface area (Å²) in [5.74, 6) is 1.48. The van der Waals surface area contributed by atoms with Crippen molar-refractivity contribution in [1.82, 2.24) is 4.98 Å². The van der Waals surface area contributed by atoms with E-state index in [2.05, 4.69) is 18.2 Å². The van der Waals surface area contributed by atoms with Crippen molar-refractivity contribution >= 4 is 11.3 Å². The molecule has 102 valence electrons. The molecule has 0 atom stereocenters. The molecule has 3 nitrogen and oxygen atoms in total. The molecule has 1 heterocycles. The first kappa shape index (κ1) is 13.1. The molecule has 2 aromatic rings. The summed E-state index contributed by atoms with van der Waals surface area (Å²) < 4.78 is 5.17. The normalized spacial score (nSPS) is 14.0. The minimum absolute atomic E-state index is 0.492. The summed E-state index contributed by atoms with van der Waals surface area (Å²) in [6, 6.07) is 10.3. The van der Waals surface area contributed by atoms with Crippen LogP contribution in [0.4, 0.5) is 0 Å². The summed E-state index contributed by atoms with van der Waals surface area (Å²) in [5.41, 5.74) is 2.41. The van der Waals surface area contributed by atoms with E-state index < -0.39 is 0 Å². The minimum atomic E-state index is 0.492. The molecule has 0 saturated heterocycles. The lowest BCUT2D eigenvalue weighted by molar-refractivity contribution is 0.414. The molecule has 4 heteroatoms. The van der Waals surface area contributed by atoms with Crippen LogP contribution >= 0.6 is 11.3 Å². The lowest BCUT2D eigenvalue weighted by atomic mass is 10.1. The van der Waals surface area contributed by atoms with Gasteiger partial charge < -0.3 is 4.74 Å². The number of hydrogen-bond donors (Lipinski definition) is 0. The Morgan fingerprint density at radius 2 is 2.10 bits per heavy atom. The number of aromatic nitrogens is 1. The third-order valence-corrected chi connectivity index (χ3v) is 4.56. The van der Waals surface area contributed by atoms with Crippen molar-refractivity contribution in [2.75, 3.05) is 7.11 Å². The van der Waals surface area contributed by atoms with Crippen LogP contribution in [-0.2, 0) is 12.8 Å². The van der Waals surface area contributed by atoms with Gasteiger partial charge >= 0.3 is 0 Å². The van der Waals surface area contributed by atoms with E-state index in [4.69, 9.17) is 15.0 Å². The molecule has 3 rings (SSSR count). The molecule has 1 saturated carbocycles. The van der Waals surface area contributed by atoms with Crippen LogP contribution in [0.2, 0.25) is 0 Å². The van der Waals surface area contributed by atoms with Crippen molar-refractivity contribution in [1.29, 1.82) is 5.26 Å². The first-order chi connectivity index (χ1) is 9.80. The Bertz CT molecular complexity index is 635. The maximum absolute atomic E-state index is 8.92. The van der Waals surface area contributed by atoms with Gasteiger partial charge in [-0.2, -0.15) is 5.26 Å². The molecule has 0 radical (unpaired) electrons. The third-order valence-electron chi connectivity index (χ3n) is 3.49. The van der Waals surface area contributed by atoms with Gasteiger partial charge in [0.25, 0.3) is 0 Å². The van der Waals surface area contributed by atoms with Crippen LogP contribution in [0.3, 0.4) is 0 Å². The maximum atomic E-state index is 8.92. The number of methoxy groups -OCH3 is 1. The number of benzene rings is 1. The SMILES string of the molecule is COc1ccc(Cc2nc(C3CC3)c(CC#N)s2)cc1. The van der Waals surface area contributed by atoms with Gasteiger partial charge in [-0.1, -0.05) is 12.1 Å². The standard InChI is InChI=1S/C16H16N2OS/c1-19-13-6-2-11(3-7-13)10-15-18-16(12-4-5-12)14(20-15)8-9-17/h2-3,6-7,12H,4-5,8,10H2,1H3. The number of nitriles is 1. The van der Waals surface area contributed by atoms with Gasteiger partial charge in [-0.3, -0.25) is 0 Å². The van der Waals surface area contributed by atoms with Crippen LogP contribution in [0.1, 0.15) is 39.9 Å². The van der Waals surface area contributed by atoms with Crippen molar-refractivity contribution in [2.45, 2.75) is 31.6 Å². The Kier molecular flexibility index (Phi) is 3.70. The summed E-state index contributed by atoms with van der Waals surface area (Å²) >= 11 is 1.69. The predicted octanol–water partition coefficient (Wildman–Crippen LogP) is 3.69. The molecular weight excluding hydrogens is 268 g/mol. The second kappa shape index (κ2) is 5.64. The highest BCUT2D eigenvalue weighted by Crippen LogP contribution is 2.43. The maximum Gasteiger partial charge on any atom is 0.118 e. The van der Waals surface area contributed by atoms with Crippen molar-refractivity contribution in [3.8, 4) is 11.8 Å². The van der Waals surface area contributed by atoms with Crippen LogP contribution in [0.25, 0.3) is 0 Å². The van der Waals surface area contributed by atoms with Gasteiger partial charge in [0, 0.05) is 17.2 Å². The van der Waals surface area contributed by atoms with Gasteiger partial charge in [0.05, 0.1) is 30.3 Å². The summed E-state index contributed by atoms with van der Waals surface area (Å²) in [4.78, 5) is 5.93. The van der Waals surface area contributed by atoms with Gasteiger partial charge in [-0.15, -0.1) is 11.3 Å². The Hall–Kier alpha value is -1.86. The zero-order valence-electron chi connectivity index (χ0n) is 11.4. The Morgan fingerprint density at radius 3 is 2.70 bits per heavy atom. The summed E-state index contributed by atoms with van der Waals surface area (Å²) in [6.07, 6.45) is 3.78. The smallest absolute Gasteiger partial charge is 0.118 e. The van der Waals surface area contributed by atoms with Gasteiger partial charge in [0.15, 0.2) is 0 Å². The number of thiazole rings is 1. The largest absolute Gasteiger partial charge is 0.497 e. The molecule has 1 aliphatic carbocycles. The van der Waals surface area contributed by atoms with Crippen molar-refractivity contribution in [3.05, 3.63) is 45.4 Å². The van der Waals surface area contributed by atoms with Crippen LogP contribution < -0.4 is 4.74 Å². The molecule has 1 aliphatic rings. The minimum Gasteiger partial charge on any atom is -0.497 e. The number of rotatable bonds is 5. The number of ether oxygens (including phenoxy) is 1. The lowest BCUT2D eigenvalue weighted by Crippen LogP contribution is -1.90. The van der Waals surface area contributed by atoms with Gasteiger partial charge in [0.2, 0.25) is 0 Å². The summed E-state index contributed by atoms with van der Waals surface area (Å²) in [6.45, 7) is 0. The number of nitrogens with zero attached hydrogens (tertiary/aromatic N) is 2. The highest BCUT2D eigenvalue weighted by atomic mass is 32.1. The number of hydrogen-bond acceptors (Lipinski definition) is 4. The molecule has 1 aromatic carbocycles. The van der Waals surface area contributed by atoms with Gasteiger partial charge in [0.1, 0.15) is 5.75 Å². The first-order valence-electron chi connectivity index (χ1n) is 6.78. The third kappa shape index (κ3) is 2.83. The fourth-order valence-electron chi connectivity index (χ4n) is 2.28. The molecular formula is C16H16N2OS. The highest BCUT2D eigenvalue weighted by Gasteiger charge is 2.29. The van der Waals surface area contributed by atoms with Crippen molar-refractivity contribution < 1.29 is 4.74 Å². The average Bonchev–Trinajstić information content (AvgIpc) is 3.24. The Labute approximate surface area is 122 Å². The molecule has 0 aliphatic heterocycles. The molecule has 0 amide bonds. The lowest BCUT2D eigenvalue weighted by Gasteiger charge is -2.01. The van der Waals surface area contributed by atoms with E-state index >= 15 is 0 Å². The Balaban J connectivity index is 1.79. The van der Waals surface area contributed by atoms with E-state index in [0.717, 1.165) is 17.2 Å². The van der Waals surface area contributed by atoms with E-state index in [0.29, 0.717) is 12.3 Å². The monoisotopic (exact) mass is 284 g/mol. The average molecular weight is 284 g/mol. The van der Waals surface area contributed by atoms with Crippen LogP contribution in [-0.4, -0.2) is 12.1 Å². The van der Waals surface area contributed by atoms with Crippen LogP contribution in [0, 0.1) is 11.3 Å². The highest BCUT2D eigenvalue weighted by molar-refractivity contribution is 7.11. The predicted molar refractivity (Wildman–Crippen MR) is 79.2 cm³/mol. The fraction of sp³-hybridized carbons (Fsp3) is 0.375. The quantitative estimate of drug-likeness (QED) is 0.841. The van der Waals surface area contributed by atoms with E-state index in [1.807, 2.05) is 12.1 Å². The zero-order chi connectivity index (χ0) is 13.9. The molecule has 1 aromatic heterocycles. The first-order valence-corrected chi connectivity index (χ1v) is 7.60. The summed E-state index contributed by atoms with van der Waals surface area (Å²) in [7, 11) is 1.67. The molecule has 20 heavy (non-hydrogen) atoms. The van der Waals surface area contributed by atoms with Crippen molar-refractivity contribution in [2.24, 2.45) is 0 Å². The molecule has 0 unspecified atom stereocenters. The van der Waals surface area contributed by atoms with E-state index in [9.17, 15) is 0 Å². The zero-order valence-corrected chi connectivity index (χ0v) is 12.2. The second-order valence-electron chi connectivity index (χ2n) is 5.05. The molecule has 0 bridgehead atoms. The molecule has 0 N–H and O–H groups in total. The topological polar surface area (TPSA) is 45.9 Å². The summed E-state index contributed by atoms with van der Waals surface area (Å²) in [5, 5.41) is 10.0. The second-order valence-corrected chi connectivity index (χ2v) is 6.22. The molecule has 1 fully saturated rings.